The summed E-state index contributed by atoms with van der Waals surface area (Å²) in [7, 11) is 4.16. The summed E-state index contributed by atoms with van der Waals surface area (Å²) in [5.74, 6) is 0. The third-order valence-corrected chi connectivity index (χ3v) is 3.26. The highest BCUT2D eigenvalue weighted by atomic mass is 15.1. The summed E-state index contributed by atoms with van der Waals surface area (Å²) in [5.41, 5.74) is 2.61. The molecule has 1 fully saturated rings. The second kappa shape index (κ2) is 4.62. The highest BCUT2D eigenvalue weighted by molar-refractivity contribution is 5.52. The van der Waals surface area contributed by atoms with Gasteiger partial charge >= 0.3 is 0 Å². The minimum Gasteiger partial charge on any atom is -0.370 e. The predicted molar refractivity (Wildman–Crippen MR) is 63.0 cm³/mol. The molecular weight excluding hydrogens is 186 g/mol. The molecular formula is C12H19N3. The molecule has 0 amide bonds. The topological polar surface area (TPSA) is 28.2 Å². The number of pyridine rings is 1. The molecule has 0 unspecified atom stereocenters. The van der Waals surface area contributed by atoms with Crippen molar-refractivity contribution in [3.05, 3.63) is 24.0 Å². The SMILES string of the molecule is CNCc1ccncc1N(C)C1CCC1. The van der Waals surface area contributed by atoms with Crippen molar-refractivity contribution in [2.45, 2.75) is 31.8 Å². The molecule has 0 bridgehead atoms. The van der Waals surface area contributed by atoms with Crippen molar-refractivity contribution in [3.8, 4) is 0 Å². The Bertz CT molecular complexity index is 320. The average molecular weight is 205 g/mol. The number of nitrogens with one attached hydrogen (secondary N) is 1. The first kappa shape index (κ1) is 10.4. The molecule has 1 aliphatic carbocycles. The van der Waals surface area contributed by atoms with E-state index in [-0.39, 0.29) is 0 Å². The Hall–Kier alpha value is -1.09. The quantitative estimate of drug-likeness (QED) is 0.812. The van der Waals surface area contributed by atoms with E-state index < -0.39 is 0 Å². The molecule has 15 heavy (non-hydrogen) atoms. The Morgan fingerprint density at radius 2 is 2.33 bits per heavy atom. The molecule has 3 nitrogen and oxygen atoms in total. The van der Waals surface area contributed by atoms with Crippen LogP contribution in [0.25, 0.3) is 0 Å². The molecule has 0 aromatic carbocycles. The van der Waals surface area contributed by atoms with E-state index in [0.29, 0.717) is 0 Å². The van der Waals surface area contributed by atoms with Crippen LogP contribution in [0.5, 0.6) is 0 Å². The zero-order valence-electron chi connectivity index (χ0n) is 9.53. The summed E-state index contributed by atoms with van der Waals surface area (Å²) in [6.07, 6.45) is 7.86. The summed E-state index contributed by atoms with van der Waals surface area (Å²) in [6.45, 7) is 0.912. The number of rotatable bonds is 4. The maximum absolute atomic E-state index is 4.22. The van der Waals surface area contributed by atoms with Gasteiger partial charge in [-0.3, -0.25) is 4.98 Å². The van der Waals surface area contributed by atoms with Crippen molar-refractivity contribution in [2.75, 3.05) is 19.0 Å². The molecule has 0 saturated heterocycles. The van der Waals surface area contributed by atoms with E-state index in [2.05, 4.69) is 28.3 Å². The van der Waals surface area contributed by atoms with Crippen molar-refractivity contribution in [1.29, 1.82) is 0 Å². The first-order valence-electron chi connectivity index (χ1n) is 5.63. The van der Waals surface area contributed by atoms with Crippen molar-refractivity contribution in [2.24, 2.45) is 0 Å². The van der Waals surface area contributed by atoms with Crippen LogP contribution >= 0.6 is 0 Å². The lowest BCUT2D eigenvalue weighted by atomic mass is 9.91. The van der Waals surface area contributed by atoms with Crippen LogP contribution in [-0.2, 0) is 6.54 Å². The van der Waals surface area contributed by atoms with E-state index in [1.54, 1.807) is 0 Å². The molecule has 2 rings (SSSR count). The lowest BCUT2D eigenvalue weighted by molar-refractivity contribution is 0.400. The Labute approximate surface area is 91.5 Å². The Morgan fingerprint density at radius 1 is 1.53 bits per heavy atom. The van der Waals surface area contributed by atoms with Gasteiger partial charge in [-0.05, 0) is 37.9 Å². The standard InChI is InChI=1S/C12H19N3/c1-13-8-10-6-7-14-9-12(10)15(2)11-4-3-5-11/h6-7,9,11,13H,3-5,8H2,1-2H3. The third-order valence-electron chi connectivity index (χ3n) is 3.26. The minimum absolute atomic E-state index is 0.727. The third kappa shape index (κ3) is 2.12. The molecule has 1 aliphatic rings. The van der Waals surface area contributed by atoms with Gasteiger partial charge in [0.25, 0.3) is 0 Å². The maximum atomic E-state index is 4.22. The molecule has 0 radical (unpaired) electrons. The fourth-order valence-corrected chi connectivity index (χ4v) is 2.04. The van der Waals surface area contributed by atoms with E-state index in [9.17, 15) is 0 Å². The van der Waals surface area contributed by atoms with Gasteiger partial charge in [-0.1, -0.05) is 0 Å². The van der Waals surface area contributed by atoms with Crippen LogP contribution in [0.4, 0.5) is 5.69 Å². The molecule has 1 saturated carbocycles. The van der Waals surface area contributed by atoms with Gasteiger partial charge in [0.05, 0.1) is 11.9 Å². The van der Waals surface area contributed by atoms with Gasteiger partial charge in [0.2, 0.25) is 0 Å². The fourth-order valence-electron chi connectivity index (χ4n) is 2.04. The van der Waals surface area contributed by atoms with Gasteiger partial charge in [0.15, 0.2) is 0 Å². The molecule has 1 aromatic rings. The van der Waals surface area contributed by atoms with E-state index in [1.807, 2.05) is 19.4 Å². The molecule has 1 aromatic heterocycles. The van der Waals surface area contributed by atoms with Crippen molar-refractivity contribution < 1.29 is 0 Å². The highest BCUT2D eigenvalue weighted by Crippen LogP contribution is 2.29. The van der Waals surface area contributed by atoms with Crippen LogP contribution in [0.1, 0.15) is 24.8 Å². The Morgan fingerprint density at radius 3 is 2.93 bits per heavy atom. The molecule has 1 N–H and O–H groups in total. The Kier molecular flexibility index (Phi) is 3.21. The van der Waals surface area contributed by atoms with Crippen LogP contribution in [0.2, 0.25) is 0 Å². The summed E-state index contributed by atoms with van der Waals surface area (Å²) in [4.78, 5) is 6.60. The van der Waals surface area contributed by atoms with E-state index in [0.717, 1.165) is 12.6 Å². The summed E-state index contributed by atoms with van der Waals surface area (Å²) >= 11 is 0. The summed E-state index contributed by atoms with van der Waals surface area (Å²) in [5, 5.41) is 3.20. The Balaban J connectivity index is 2.17. The van der Waals surface area contributed by atoms with Gasteiger partial charge in [0, 0.05) is 25.8 Å². The van der Waals surface area contributed by atoms with Crippen LogP contribution in [0, 0.1) is 0 Å². The maximum Gasteiger partial charge on any atom is 0.0598 e. The first-order chi connectivity index (χ1) is 7.33. The van der Waals surface area contributed by atoms with Gasteiger partial charge in [-0.25, -0.2) is 0 Å². The smallest absolute Gasteiger partial charge is 0.0598 e. The lowest BCUT2D eigenvalue weighted by Crippen LogP contribution is -2.37. The predicted octanol–water partition coefficient (Wildman–Crippen LogP) is 1.79. The van der Waals surface area contributed by atoms with Gasteiger partial charge in [0.1, 0.15) is 0 Å². The zero-order chi connectivity index (χ0) is 10.7. The molecule has 0 atom stereocenters. The monoisotopic (exact) mass is 205 g/mol. The largest absolute Gasteiger partial charge is 0.370 e. The number of aromatic nitrogens is 1. The molecule has 0 aliphatic heterocycles. The summed E-state index contributed by atoms with van der Waals surface area (Å²) in [6, 6.07) is 2.82. The molecule has 0 spiro atoms. The average Bonchev–Trinajstić information content (AvgIpc) is 2.16. The fraction of sp³-hybridized carbons (Fsp3) is 0.583. The van der Waals surface area contributed by atoms with Crippen LogP contribution in [0.15, 0.2) is 18.5 Å². The highest BCUT2D eigenvalue weighted by Gasteiger charge is 2.23. The van der Waals surface area contributed by atoms with Gasteiger partial charge in [-0.2, -0.15) is 0 Å². The van der Waals surface area contributed by atoms with Crippen LogP contribution < -0.4 is 10.2 Å². The zero-order valence-corrected chi connectivity index (χ0v) is 9.53. The first-order valence-corrected chi connectivity index (χ1v) is 5.63. The second-order valence-electron chi connectivity index (χ2n) is 4.23. The minimum atomic E-state index is 0.727. The summed E-state index contributed by atoms with van der Waals surface area (Å²) < 4.78 is 0. The van der Waals surface area contributed by atoms with Gasteiger partial charge < -0.3 is 10.2 Å². The van der Waals surface area contributed by atoms with E-state index in [1.165, 1.54) is 30.5 Å². The number of hydrogen-bond donors (Lipinski definition) is 1. The lowest BCUT2D eigenvalue weighted by Gasteiger charge is -2.37. The van der Waals surface area contributed by atoms with Crippen LogP contribution in [-0.4, -0.2) is 25.1 Å². The van der Waals surface area contributed by atoms with Crippen molar-refractivity contribution in [3.63, 3.8) is 0 Å². The molecule has 3 heteroatoms. The number of hydrogen-bond acceptors (Lipinski definition) is 3. The van der Waals surface area contributed by atoms with E-state index in [4.69, 9.17) is 0 Å². The normalized spacial score (nSPS) is 16.1. The number of anilines is 1. The van der Waals surface area contributed by atoms with Crippen molar-refractivity contribution >= 4 is 5.69 Å². The molecule has 1 heterocycles. The van der Waals surface area contributed by atoms with Gasteiger partial charge in [-0.15, -0.1) is 0 Å². The van der Waals surface area contributed by atoms with E-state index >= 15 is 0 Å². The number of nitrogens with zero attached hydrogens (tertiary/aromatic N) is 2. The van der Waals surface area contributed by atoms with Crippen LogP contribution in [0.3, 0.4) is 0 Å². The second-order valence-corrected chi connectivity index (χ2v) is 4.23. The molecule has 82 valence electrons. The van der Waals surface area contributed by atoms with Crippen molar-refractivity contribution in [1.82, 2.24) is 10.3 Å².